The van der Waals surface area contributed by atoms with Crippen molar-refractivity contribution in [2.75, 3.05) is 11.0 Å². The highest BCUT2D eigenvalue weighted by Gasteiger charge is 2.38. The van der Waals surface area contributed by atoms with Crippen LogP contribution in [0.5, 0.6) is 0 Å². The van der Waals surface area contributed by atoms with E-state index in [4.69, 9.17) is 0 Å². The normalized spacial score (nSPS) is 17.2. The van der Waals surface area contributed by atoms with Crippen LogP contribution in [0.4, 0.5) is 10.1 Å². The van der Waals surface area contributed by atoms with E-state index in [0.717, 1.165) is 17.4 Å². The zero-order valence-corrected chi connectivity index (χ0v) is 17.6. The third-order valence-electron chi connectivity index (χ3n) is 4.51. The number of hydrazone groups is 1. The fraction of sp³-hybridized carbons (Fsp3) is 0.333. The zero-order chi connectivity index (χ0) is 21.4. The summed E-state index contributed by atoms with van der Waals surface area (Å²) in [7, 11) is -3.41. The molecule has 1 amide bonds. The Morgan fingerprint density at radius 1 is 1.17 bits per heavy atom. The van der Waals surface area contributed by atoms with Gasteiger partial charge in [0.15, 0.2) is 0 Å². The van der Waals surface area contributed by atoms with E-state index in [-0.39, 0.29) is 17.8 Å². The lowest BCUT2D eigenvalue weighted by Gasteiger charge is -2.28. The van der Waals surface area contributed by atoms with Gasteiger partial charge in [0, 0.05) is 17.5 Å². The fourth-order valence-corrected chi connectivity index (χ4v) is 3.69. The van der Waals surface area contributed by atoms with Crippen LogP contribution >= 0.6 is 0 Å². The summed E-state index contributed by atoms with van der Waals surface area (Å²) in [6.07, 6.45) is 1.52. The molecule has 1 aliphatic rings. The average Bonchev–Trinajstić information content (AvgIpc) is 3.05. The number of nitrogens with one attached hydrogen (secondary N) is 1. The number of nitrogens with zero attached hydrogens (tertiary/aromatic N) is 2. The summed E-state index contributed by atoms with van der Waals surface area (Å²) in [6, 6.07) is 12.6. The van der Waals surface area contributed by atoms with Gasteiger partial charge in [-0.25, -0.2) is 17.8 Å². The van der Waals surface area contributed by atoms with Gasteiger partial charge in [-0.3, -0.25) is 9.52 Å². The SMILES string of the molecule is CC(C)(C)C(=O)N1N=C(c2cccc(NS(C)(=O)=O)c2)C[C@@H]1c1ccc(F)cc1. The van der Waals surface area contributed by atoms with Crippen molar-refractivity contribution in [1.29, 1.82) is 0 Å². The fourth-order valence-electron chi connectivity index (χ4n) is 3.14. The molecule has 1 atom stereocenters. The minimum absolute atomic E-state index is 0.146. The summed E-state index contributed by atoms with van der Waals surface area (Å²) < 4.78 is 38.9. The predicted octanol–water partition coefficient (Wildman–Crippen LogP) is 3.92. The molecule has 3 rings (SSSR count). The molecule has 154 valence electrons. The Labute approximate surface area is 170 Å². The van der Waals surface area contributed by atoms with E-state index in [2.05, 4.69) is 9.82 Å². The number of anilines is 1. The van der Waals surface area contributed by atoms with Crippen molar-refractivity contribution >= 4 is 27.3 Å². The smallest absolute Gasteiger partial charge is 0.248 e. The molecule has 2 aromatic carbocycles. The first kappa shape index (κ1) is 21.0. The molecule has 0 aromatic heterocycles. The summed E-state index contributed by atoms with van der Waals surface area (Å²) >= 11 is 0. The number of rotatable bonds is 4. The molecule has 0 bridgehead atoms. The Morgan fingerprint density at radius 3 is 2.41 bits per heavy atom. The molecule has 0 saturated carbocycles. The Hall–Kier alpha value is -2.74. The first-order valence-electron chi connectivity index (χ1n) is 9.19. The molecule has 8 heteroatoms. The van der Waals surface area contributed by atoms with Crippen molar-refractivity contribution in [2.45, 2.75) is 33.2 Å². The highest BCUT2D eigenvalue weighted by molar-refractivity contribution is 7.92. The van der Waals surface area contributed by atoms with Crippen molar-refractivity contribution in [2.24, 2.45) is 10.5 Å². The second-order valence-electron chi connectivity index (χ2n) is 8.17. The number of hydrogen-bond acceptors (Lipinski definition) is 4. The van der Waals surface area contributed by atoms with Gasteiger partial charge in [0.1, 0.15) is 5.82 Å². The Balaban J connectivity index is 1.99. The van der Waals surface area contributed by atoms with E-state index in [1.165, 1.54) is 17.1 Å². The maximum absolute atomic E-state index is 13.4. The lowest BCUT2D eigenvalue weighted by Crippen LogP contribution is -2.36. The minimum Gasteiger partial charge on any atom is -0.284 e. The third-order valence-corrected chi connectivity index (χ3v) is 5.12. The van der Waals surface area contributed by atoms with Gasteiger partial charge in [-0.15, -0.1) is 0 Å². The lowest BCUT2D eigenvalue weighted by atomic mass is 9.93. The van der Waals surface area contributed by atoms with Gasteiger partial charge in [0.05, 0.1) is 18.0 Å². The number of carbonyl (C=O) groups is 1. The van der Waals surface area contributed by atoms with Crippen LogP contribution in [0.2, 0.25) is 0 Å². The van der Waals surface area contributed by atoms with E-state index < -0.39 is 15.4 Å². The molecule has 0 fully saturated rings. The first-order valence-corrected chi connectivity index (χ1v) is 11.1. The van der Waals surface area contributed by atoms with Gasteiger partial charge in [-0.05, 0) is 35.4 Å². The maximum Gasteiger partial charge on any atom is 0.248 e. The highest BCUT2D eigenvalue weighted by Crippen LogP contribution is 2.36. The molecule has 0 aliphatic carbocycles. The highest BCUT2D eigenvalue weighted by atomic mass is 32.2. The van der Waals surface area contributed by atoms with Crippen molar-refractivity contribution in [3.8, 4) is 0 Å². The summed E-state index contributed by atoms with van der Waals surface area (Å²) in [4.78, 5) is 13.0. The molecule has 0 saturated heterocycles. The van der Waals surface area contributed by atoms with Crippen molar-refractivity contribution in [3.63, 3.8) is 0 Å². The molecule has 6 nitrogen and oxygen atoms in total. The number of amides is 1. The number of sulfonamides is 1. The second kappa shape index (κ2) is 7.59. The largest absolute Gasteiger partial charge is 0.284 e. The van der Waals surface area contributed by atoms with E-state index in [0.29, 0.717) is 17.8 Å². The number of hydrogen-bond donors (Lipinski definition) is 1. The van der Waals surface area contributed by atoms with Crippen LogP contribution in [-0.2, 0) is 14.8 Å². The summed E-state index contributed by atoms with van der Waals surface area (Å²) in [6.45, 7) is 5.46. The Bertz CT molecular complexity index is 1060. The monoisotopic (exact) mass is 417 g/mol. The topological polar surface area (TPSA) is 78.8 Å². The van der Waals surface area contributed by atoms with Gasteiger partial charge in [0.25, 0.3) is 0 Å². The van der Waals surface area contributed by atoms with Crippen LogP contribution in [-0.4, -0.2) is 31.3 Å². The maximum atomic E-state index is 13.4. The molecule has 2 aromatic rings. The molecule has 0 unspecified atom stereocenters. The van der Waals surface area contributed by atoms with Crippen LogP contribution in [0.25, 0.3) is 0 Å². The molecule has 29 heavy (non-hydrogen) atoms. The zero-order valence-electron chi connectivity index (χ0n) is 16.8. The van der Waals surface area contributed by atoms with Gasteiger partial charge in [0.2, 0.25) is 15.9 Å². The van der Waals surface area contributed by atoms with Gasteiger partial charge < -0.3 is 0 Å². The molecule has 0 spiro atoms. The molecular weight excluding hydrogens is 393 g/mol. The van der Waals surface area contributed by atoms with Crippen molar-refractivity contribution in [1.82, 2.24) is 5.01 Å². The van der Waals surface area contributed by atoms with Crippen molar-refractivity contribution < 1.29 is 17.6 Å². The van der Waals surface area contributed by atoms with Crippen molar-refractivity contribution in [3.05, 3.63) is 65.5 Å². The van der Waals surface area contributed by atoms with Crippen LogP contribution in [0.1, 0.15) is 44.4 Å². The summed E-state index contributed by atoms with van der Waals surface area (Å²) in [5, 5.41) is 6.03. The van der Waals surface area contributed by atoms with E-state index in [9.17, 15) is 17.6 Å². The number of halogens is 1. The first-order chi connectivity index (χ1) is 13.4. The number of benzene rings is 2. The molecule has 1 N–H and O–H groups in total. The average molecular weight is 418 g/mol. The van der Waals surface area contributed by atoms with Gasteiger partial charge >= 0.3 is 0 Å². The molecule has 1 aliphatic heterocycles. The van der Waals surface area contributed by atoms with Gasteiger partial charge in [-0.2, -0.15) is 5.10 Å². The van der Waals surface area contributed by atoms with Crippen LogP contribution in [0.15, 0.2) is 53.6 Å². The quantitative estimate of drug-likeness (QED) is 0.819. The molecule has 1 heterocycles. The van der Waals surface area contributed by atoms with E-state index in [1.807, 2.05) is 26.8 Å². The summed E-state index contributed by atoms with van der Waals surface area (Å²) in [5.74, 6) is -0.492. The number of carbonyl (C=O) groups excluding carboxylic acids is 1. The Morgan fingerprint density at radius 2 is 1.83 bits per heavy atom. The molecular formula is C21H24FN3O3S. The van der Waals surface area contributed by atoms with Gasteiger partial charge in [-0.1, -0.05) is 45.0 Å². The van der Waals surface area contributed by atoms with Crippen LogP contribution in [0.3, 0.4) is 0 Å². The van der Waals surface area contributed by atoms with Crippen LogP contribution in [0, 0.1) is 11.2 Å². The predicted molar refractivity (Wildman–Crippen MR) is 112 cm³/mol. The summed E-state index contributed by atoms with van der Waals surface area (Å²) in [5.41, 5.74) is 1.94. The van der Waals surface area contributed by atoms with E-state index >= 15 is 0 Å². The third kappa shape index (κ3) is 5.00. The standard InChI is InChI=1S/C21H24FN3O3S/c1-21(2,3)20(26)25-19(14-8-10-16(22)11-9-14)13-18(23-25)15-6-5-7-17(12-15)24-29(4,27)28/h5-12,19,24H,13H2,1-4H3/t19-/m1/s1. The van der Waals surface area contributed by atoms with E-state index in [1.54, 1.807) is 30.3 Å². The lowest BCUT2D eigenvalue weighted by molar-refractivity contribution is -0.141. The van der Waals surface area contributed by atoms with Crippen LogP contribution < -0.4 is 4.72 Å². The Kier molecular flexibility index (Phi) is 5.49. The minimum atomic E-state index is -3.41. The second-order valence-corrected chi connectivity index (χ2v) is 9.92. The molecule has 0 radical (unpaired) electrons.